The Morgan fingerprint density at radius 1 is 0.800 bits per heavy atom. The Morgan fingerprint density at radius 2 is 1.36 bits per heavy atom. The summed E-state index contributed by atoms with van der Waals surface area (Å²) in [6.07, 6.45) is 6.80. The van der Waals surface area contributed by atoms with Gasteiger partial charge in [-0.25, -0.2) is 0 Å². The maximum atomic E-state index is 5.32. The highest BCUT2D eigenvalue weighted by molar-refractivity contribution is 5.86. The number of benzene rings is 2. The minimum atomic E-state index is 0.149. The number of hydrogen-bond donors (Lipinski definition) is 0. The predicted octanol–water partition coefficient (Wildman–Crippen LogP) is 6.35. The Bertz CT molecular complexity index is 838. The molecule has 0 unspecified atom stereocenters. The molecule has 128 valence electrons. The number of allylic oxidation sites excluding steroid dienone is 5. The van der Waals surface area contributed by atoms with Crippen molar-refractivity contribution >= 4 is 5.57 Å². The van der Waals surface area contributed by atoms with E-state index in [0.717, 1.165) is 5.75 Å². The van der Waals surface area contributed by atoms with Gasteiger partial charge in [0.2, 0.25) is 0 Å². The highest BCUT2D eigenvalue weighted by Gasteiger charge is 2.20. The SMILES string of the molecule is COc1ccc(/C(=C2/C=CC(C(C)(C)C)=C2)c2ccc(C)cc2)cc1. The second-order valence-corrected chi connectivity index (χ2v) is 7.61. The summed E-state index contributed by atoms with van der Waals surface area (Å²) < 4.78 is 5.32. The lowest BCUT2D eigenvalue weighted by Gasteiger charge is -2.18. The van der Waals surface area contributed by atoms with Crippen LogP contribution >= 0.6 is 0 Å². The standard InChI is InChI=1S/C24H26O/c1-17-6-8-18(9-7-17)23(19-11-14-22(25-5)15-12-19)20-10-13-21(16-20)24(2,3)4/h6-16H,1-5H3/b23-20-. The van der Waals surface area contributed by atoms with E-state index in [2.05, 4.69) is 82.3 Å². The summed E-state index contributed by atoms with van der Waals surface area (Å²) in [6.45, 7) is 8.89. The first-order chi connectivity index (χ1) is 11.9. The molecule has 0 atom stereocenters. The average molecular weight is 330 g/mol. The third-order valence-electron chi connectivity index (χ3n) is 4.63. The Kier molecular flexibility index (Phi) is 4.67. The molecule has 0 saturated carbocycles. The van der Waals surface area contributed by atoms with E-state index in [1.807, 2.05) is 12.1 Å². The molecular weight excluding hydrogens is 304 g/mol. The summed E-state index contributed by atoms with van der Waals surface area (Å²) in [7, 11) is 1.70. The zero-order valence-electron chi connectivity index (χ0n) is 15.8. The summed E-state index contributed by atoms with van der Waals surface area (Å²) in [5, 5.41) is 0. The van der Waals surface area contributed by atoms with Gasteiger partial charge in [-0.1, -0.05) is 81.0 Å². The fraction of sp³-hybridized carbons (Fsp3) is 0.250. The first-order valence-corrected chi connectivity index (χ1v) is 8.74. The van der Waals surface area contributed by atoms with Crippen molar-refractivity contribution in [3.05, 3.63) is 94.6 Å². The summed E-state index contributed by atoms with van der Waals surface area (Å²) in [5.41, 5.74) is 7.75. The van der Waals surface area contributed by atoms with Crippen molar-refractivity contribution in [2.45, 2.75) is 27.7 Å². The predicted molar refractivity (Wildman–Crippen MR) is 107 cm³/mol. The third-order valence-corrected chi connectivity index (χ3v) is 4.63. The van der Waals surface area contributed by atoms with Gasteiger partial charge in [-0.15, -0.1) is 0 Å². The lowest BCUT2D eigenvalue weighted by atomic mass is 9.86. The molecule has 0 fully saturated rings. The van der Waals surface area contributed by atoms with Crippen LogP contribution in [0.1, 0.15) is 37.5 Å². The van der Waals surface area contributed by atoms with Crippen LogP contribution in [0.25, 0.3) is 5.57 Å². The van der Waals surface area contributed by atoms with Gasteiger partial charge in [0.05, 0.1) is 7.11 Å². The molecule has 2 aromatic rings. The molecule has 2 aromatic carbocycles. The van der Waals surface area contributed by atoms with E-state index >= 15 is 0 Å². The van der Waals surface area contributed by atoms with Crippen molar-refractivity contribution in [3.63, 3.8) is 0 Å². The molecule has 1 heteroatoms. The molecule has 1 aliphatic rings. The van der Waals surface area contributed by atoms with Gasteiger partial charge >= 0.3 is 0 Å². The maximum absolute atomic E-state index is 5.32. The van der Waals surface area contributed by atoms with E-state index in [4.69, 9.17) is 4.74 Å². The van der Waals surface area contributed by atoms with E-state index in [0.29, 0.717) is 0 Å². The molecule has 0 N–H and O–H groups in total. The van der Waals surface area contributed by atoms with Crippen molar-refractivity contribution in [2.75, 3.05) is 7.11 Å². The molecule has 0 saturated heterocycles. The van der Waals surface area contributed by atoms with E-state index in [-0.39, 0.29) is 5.41 Å². The van der Waals surface area contributed by atoms with Crippen LogP contribution in [0.2, 0.25) is 0 Å². The molecule has 0 aliphatic heterocycles. The maximum Gasteiger partial charge on any atom is 0.118 e. The minimum absolute atomic E-state index is 0.149. The van der Waals surface area contributed by atoms with E-state index in [9.17, 15) is 0 Å². The molecule has 25 heavy (non-hydrogen) atoms. The van der Waals surface area contributed by atoms with Gasteiger partial charge in [0, 0.05) is 0 Å². The van der Waals surface area contributed by atoms with Crippen LogP contribution < -0.4 is 4.74 Å². The van der Waals surface area contributed by atoms with Crippen molar-refractivity contribution in [1.82, 2.24) is 0 Å². The Labute approximate surface area is 151 Å². The topological polar surface area (TPSA) is 9.23 Å². The van der Waals surface area contributed by atoms with Gasteiger partial charge in [-0.3, -0.25) is 0 Å². The van der Waals surface area contributed by atoms with Crippen molar-refractivity contribution in [3.8, 4) is 5.75 Å². The van der Waals surface area contributed by atoms with Crippen molar-refractivity contribution in [1.29, 1.82) is 0 Å². The Balaban J connectivity index is 2.16. The number of aryl methyl sites for hydroxylation is 1. The number of ether oxygens (including phenoxy) is 1. The molecule has 1 nitrogen and oxygen atoms in total. The fourth-order valence-corrected chi connectivity index (χ4v) is 3.04. The van der Waals surface area contributed by atoms with Gasteiger partial charge in [-0.2, -0.15) is 0 Å². The zero-order valence-corrected chi connectivity index (χ0v) is 15.8. The van der Waals surface area contributed by atoms with Crippen molar-refractivity contribution in [2.24, 2.45) is 5.41 Å². The van der Waals surface area contributed by atoms with Crippen LogP contribution in [0, 0.1) is 12.3 Å². The van der Waals surface area contributed by atoms with Crippen LogP contribution in [0.15, 0.2) is 77.9 Å². The van der Waals surface area contributed by atoms with Crippen LogP contribution in [0.4, 0.5) is 0 Å². The van der Waals surface area contributed by atoms with Gasteiger partial charge in [0.15, 0.2) is 0 Å². The molecule has 0 aromatic heterocycles. The molecule has 0 radical (unpaired) electrons. The lowest BCUT2D eigenvalue weighted by Crippen LogP contribution is -2.05. The molecular formula is C24H26O. The molecule has 0 heterocycles. The van der Waals surface area contributed by atoms with E-state index in [1.54, 1.807) is 7.11 Å². The van der Waals surface area contributed by atoms with Crippen LogP contribution in [0.3, 0.4) is 0 Å². The highest BCUT2D eigenvalue weighted by atomic mass is 16.5. The van der Waals surface area contributed by atoms with Gasteiger partial charge in [0.25, 0.3) is 0 Å². The smallest absolute Gasteiger partial charge is 0.118 e. The Hall–Kier alpha value is -2.54. The van der Waals surface area contributed by atoms with Crippen LogP contribution in [0.5, 0.6) is 5.75 Å². The number of hydrogen-bond acceptors (Lipinski definition) is 1. The quantitative estimate of drug-likeness (QED) is 0.637. The second kappa shape index (κ2) is 6.76. The minimum Gasteiger partial charge on any atom is -0.497 e. The first kappa shape index (κ1) is 17.3. The van der Waals surface area contributed by atoms with Gasteiger partial charge in [0.1, 0.15) is 5.75 Å². The summed E-state index contributed by atoms with van der Waals surface area (Å²) in [6, 6.07) is 17.1. The largest absolute Gasteiger partial charge is 0.497 e. The van der Waals surface area contributed by atoms with Crippen LogP contribution in [-0.2, 0) is 0 Å². The highest BCUT2D eigenvalue weighted by Crippen LogP contribution is 2.37. The monoisotopic (exact) mass is 330 g/mol. The van der Waals surface area contributed by atoms with Gasteiger partial charge < -0.3 is 4.74 Å². The molecule has 0 bridgehead atoms. The molecule has 3 rings (SSSR count). The zero-order chi connectivity index (χ0) is 18.0. The Morgan fingerprint density at radius 3 is 1.84 bits per heavy atom. The fourth-order valence-electron chi connectivity index (χ4n) is 3.04. The summed E-state index contributed by atoms with van der Waals surface area (Å²) >= 11 is 0. The number of methoxy groups -OCH3 is 1. The second-order valence-electron chi connectivity index (χ2n) is 7.61. The average Bonchev–Trinajstić information content (AvgIpc) is 3.07. The normalized spacial score (nSPS) is 16.0. The van der Waals surface area contributed by atoms with Crippen LogP contribution in [-0.4, -0.2) is 7.11 Å². The van der Waals surface area contributed by atoms with E-state index < -0.39 is 0 Å². The lowest BCUT2D eigenvalue weighted by molar-refractivity contribution is 0.415. The first-order valence-electron chi connectivity index (χ1n) is 8.74. The van der Waals surface area contributed by atoms with Crippen molar-refractivity contribution < 1.29 is 4.74 Å². The van der Waals surface area contributed by atoms with Gasteiger partial charge in [-0.05, 0) is 52.3 Å². The summed E-state index contributed by atoms with van der Waals surface area (Å²) in [5.74, 6) is 0.880. The summed E-state index contributed by atoms with van der Waals surface area (Å²) in [4.78, 5) is 0. The third kappa shape index (κ3) is 3.76. The molecule has 1 aliphatic carbocycles. The van der Waals surface area contributed by atoms with E-state index in [1.165, 1.54) is 33.4 Å². The molecule has 0 amide bonds. The molecule has 0 spiro atoms. The number of rotatable bonds is 3.